The summed E-state index contributed by atoms with van der Waals surface area (Å²) in [7, 11) is 1.65. The summed E-state index contributed by atoms with van der Waals surface area (Å²) < 4.78 is 27.1. The molecule has 2 rings (SSSR count). The van der Waals surface area contributed by atoms with Crippen LogP contribution in [0.3, 0.4) is 0 Å². The van der Waals surface area contributed by atoms with E-state index in [1.54, 1.807) is 7.11 Å². The molecule has 0 atom stereocenters. The predicted molar refractivity (Wildman–Crippen MR) is 104 cm³/mol. The van der Waals surface area contributed by atoms with E-state index in [1.165, 1.54) is 0 Å². The summed E-state index contributed by atoms with van der Waals surface area (Å²) in [6.45, 7) is 7.64. The topological polar surface area (TPSA) is 63.2 Å². The van der Waals surface area contributed by atoms with Gasteiger partial charge in [-0.25, -0.2) is 4.79 Å². The van der Waals surface area contributed by atoms with Gasteiger partial charge in [0.25, 0.3) is 0 Å². The van der Waals surface area contributed by atoms with Crippen molar-refractivity contribution < 1.29 is 28.5 Å². The first-order valence-electron chi connectivity index (χ1n) is 8.81. The van der Waals surface area contributed by atoms with Crippen molar-refractivity contribution in [1.82, 2.24) is 0 Å². The molecule has 2 aromatic rings. The van der Waals surface area contributed by atoms with E-state index in [0.29, 0.717) is 33.0 Å². The lowest BCUT2D eigenvalue weighted by Gasteiger charge is -2.16. The van der Waals surface area contributed by atoms with Crippen LogP contribution in [-0.2, 0) is 19.0 Å². The second kappa shape index (κ2) is 11.2. The van der Waals surface area contributed by atoms with Crippen LogP contribution in [0.25, 0.3) is 10.8 Å². The minimum absolute atomic E-state index is 0.195. The molecule has 0 spiro atoms. The quantitative estimate of drug-likeness (QED) is 0.323. The fraction of sp³-hybridized carbons (Fsp3) is 0.381. The predicted octanol–water partition coefficient (Wildman–Crippen LogP) is 3.30. The Morgan fingerprint density at radius 2 is 1.70 bits per heavy atom. The lowest BCUT2D eigenvalue weighted by atomic mass is 10.0. The highest BCUT2D eigenvalue weighted by Gasteiger charge is 2.11. The molecule has 0 amide bonds. The molecule has 0 saturated heterocycles. The highest BCUT2D eigenvalue weighted by molar-refractivity contribution is 5.94. The lowest BCUT2D eigenvalue weighted by molar-refractivity contribution is -0.139. The second-order valence-corrected chi connectivity index (χ2v) is 5.74. The average Bonchev–Trinajstić information content (AvgIpc) is 2.69. The van der Waals surface area contributed by atoms with Gasteiger partial charge >= 0.3 is 5.97 Å². The maximum atomic E-state index is 10.9. The van der Waals surface area contributed by atoms with Gasteiger partial charge in [-0.15, -0.1) is 0 Å². The molecule has 0 heterocycles. The van der Waals surface area contributed by atoms with Crippen molar-refractivity contribution in [2.45, 2.75) is 6.92 Å². The SMILES string of the molecule is C=CC(=O)OCCOCCOc1c(C)cc(OCCOC)c2ccccc12. The first kappa shape index (κ1) is 20.7. The fourth-order valence-corrected chi connectivity index (χ4v) is 2.56. The Balaban J connectivity index is 1.94. The fourth-order valence-electron chi connectivity index (χ4n) is 2.56. The average molecular weight is 374 g/mol. The molecule has 0 N–H and O–H groups in total. The van der Waals surface area contributed by atoms with Gasteiger partial charge < -0.3 is 23.7 Å². The molecule has 2 aromatic carbocycles. The number of aryl methyl sites for hydroxylation is 1. The Labute approximate surface area is 159 Å². The van der Waals surface area contributed by atoms with Crippen molar-refractivity contribution >= 4 is 16.7 Å². The number of ether oxygens (including phenoxy) is 5. The zero-order valence-corrected chi connectivity index (χ0v) is 15.9. The first-order chi connectivity index (χ1) is 13.2. The lowest BCUT2D eigenvalue weighted by Crippen LogP contribution is -2.13. The highest BCUT2D eigenvalue weighted by Crippen LogP contribution is 2.36. The van der Waals surface area contributed by atoms with Gasteiger partial charge in [0, 0.05) is 24.0 Å². The third-order valence-corrected chi connectivity index (χ3v) is 3.80. The van der Waals surface area contributed by atoms with E-state index in [1.807, 2.05) is 37.3 Å². The van der Waals surface area contributed by atoms with Gasteiger partial charge in [0.2, 0.25) is 0 Å². The summed E-state index contributed by atoms with van der Waals surface area (Å²) in [4.78, 5) is 10.9. The van der Waals surface area contributed by atoms with Crippen LogP contribution in [-0.4, -0.2) is 52.7 Å². The molecule has 0 aromatic heterocycles. The number of carbonyl (C=O) groups excluding carboxylic acids is 1. The summed E-state index contributed by atoms with van der Waals surface area (Å²) in [6.07, 6.45) is 1.12. The van der Waals surface area contributed by atoms with Crippen molar-refractivity contribution in [1.29, 1.82) is 0 Å². The Kier molecular flexibility index (Phi) is 8.61. The maximum Gasteiger partial charge on any atom is 0.330 e. The van der Waals surface area contributed by atoms with E-state index in [9.17, 15) is 4.79 Å². The Hall–Kier alpha value is -2.57. The molecule has 0 bridgehead atoms. The molecule has 0 fully saturated rings. The Bertz CT molecular complexity index is 756. The monoisotopic (exact) mass is 374 g/mol. The Morgan fingerprint density at radius 1 is 1.00 bits per heavy atom. The summed E-state index contributed by atoms with van der Waals surface area (Å²) in [6, 6.07) is 9.93. The smallest absolute Gasteiger partial charge is 0.330 e. The summed E-state index contributed by atoms with van der Waals surface area (Å²) in [5, 5.41) is 1.98. The molecule has 0 aliphatic heterocycles. The van der Waals surface area contributed by atoms with Gasteiger partial charge in [-0.3, -0.25) is 0 Å². The van der Waals surface area contributed by atoms with Crippen LogP contribution < -0.4 is 9.47 Å². The van der Waals surface area contributed by atoms with Crippen LogP contribution in [0.4, 0.5) is 0 Å². The largest absolute Gasteiger partial charge is 0.491 e. The van der Waals surface area contributed by atoms with Crippen molar-refractivity contribution in [2.75, 3.05) is 46.8 Å². The molecule has 0 aliphatic carbocycles. The number of carbonyl (C=O) groups is 1. The highest BCUT2D eigenvalue weighted by atomic mass is 16.6. The van der Waals surface area contributed by atoms with E-state index < -0.39 is 5.97 Å². The molecule has 0 radical (unpaired) electrons. The van der Waals surface area contributed by atoms with E-state index in [2.05, 4.69) is 6.58 Å². The van der Waals surface area contributed by atoms with Crippen molar-refractivity contribution in [3.8, 4) is 11.5 Å². The third kappa shape index (κ3) is 6.27. The second-order valence-electron chi connectivity index (χ2n) is 5.74. The first-order valence-corrected chi connectivity index (χ1v) is 8.81. The van der Waals surface area contributed by atoms with Gasteiger partial charge in [0.1, 0.15) is 31.3 Å². The van der Waals surface area contributed by atoms with Crippen molar-refractivity contribution in [3.05, 3.63) is 48.6 Å². The van der Waals surface area contributed by atoms with Crippen molar-refractivity contribution in [2.24, 2.45) is 0 Å². The number of fused-ring (bicyclic) bond motifs is 1. The van der Waals surface area contributed by atoms with E-state index in [0.717, 1.165) is 33.9 Å². The van der Waals surface area contributed by atoms with Crippen LogP contribution >= 0.6 is 0 Å². The molecule has 6 heteroatoms. The Morgan fingerprint density at radius 3 is 2.44 bits per heavy atom. The number of methoxy groups -OCH3 is 1. The van der Waals surface area contributed by atoms with Gasteiger partial charge in [0.15, 0.2) is 0 Å². The molecule has 146 valence electrons. The molecule has 6 nitrogen and oxygen atoms in total. The van der Waals surface area contributed by atoms with E-state index in [4.69, 9.17) is 23.7 Å². The third-order valence-electron chi connectivity index (χ3n) is 3.80. The number of benzene rings is 2. The normalized spacial score (nSPS) is 10.6. The van der Waals surface area contributed by atoms with Gasteiger partial charge in [-0.2, -0.15) is 0 Å². The molecular formula is C21H26O6. The summed E-state index contributed by atoms with van der Waals surface area (Å²) in [5.41, 5.74) is 0.987. The molecular weight excluding hydrogens is 348 g/mol. The number of hydrogen-bond acceptors (Lipinski definition) is 6. The molecule has 27 heavy (non-hydrogen) atoms. The van der Waals surface area contributed by atoms with Crippen LogP contribution in [0.15, 0.2) is 43.0 Å². The van der Waals surface area contributed by atoms with Crippen molar-refractivity contribution in [3.63, 3.8) is 0 Å². The van der Waals surface area contributed by atoms with Crippen LogP contribution in [0.1, 0.15) is 5.56 Å². The van der Waals surface area contributed by atoms with Crippen LogP contribution in [0.2, 0.25) is 0 Å². The number of esters is 1. The molecule has 0 unspecified atom stereocenters. The standard InChI is InChI=1S/C21H26O6/c1-4-20(22)26-13-10-24-11-14-27-21-16(2)15-19(25-12-9-23-3)17-7-5-6-8-18(17)21/h4-8,15H,1,9-14H2,2-3H3. The molecule has 0 saturated carbocycles. The number of hydrogen-bond donors (Lipinski definition) is 0. The van der Waals surface area contributed by atoms with E-state index in [-0.39, 0.29) is 6.61 Å². The summed E-state index contributed by atoms with van der Waals surface area (Å²) in [5.74, 6) is 1.17. The van der Waals surface area contributed by atoms with Gasteiger partial charge in [0.05, 0.1) is 19.8 Å². The summed E-state index contributed by atoms with van der Waals surface area (Å²) >= 11 is 0. The van der Waals surface area contributed by atoms with Gasteiger partial charge in [-0.1, -0.05) is 30.8 Å². The zero-order chi connectivity index (χ0) is 19.5. The van der Waals surface area contributed by atoms with E-state index >= 15 is 0 Å². The number of rotatable bonds is 12. The maximum absolute atomic E-state index is 10.9. The minimum atomic E-state index is -0.454. The van der Waals surface area contributed by atoms with Crippen LogP contribution in [0, 0.1) is 6.92 Å². The van der Waals surface area contributed by atoms with Gasteiger partial charge in [-0.05, 0) is 18.6 Å². The minimum Gasteiger partial charge on any atom is -0.491 e. The molecule has 0 aliphatic rings. The zero-order valence-electron chi connectivity index (χ0n) is 15.9. The van der Waals surface area contributed by atoms with Crippen LogP contribution in [0.5, 0.6) is 11.5 Å².